The average molecular weight is 291 g/mol. The molecule has 1 fully saturated rings. The van der Waals surface area contributed by atoms with Crippen LogP contribution in [0.5, 0.6) is 11.5 Å². The first-order chi connectivity index (χ1) is 10.3. The first-order valence-electron chi connectivity index (χ1n) is 8.29. The molecule has 0 bridgehead atoms. The molecule has 2 rings (SSSR count). The van der Waals surface area contributed by atoms with Crippen LogP contribution in [-0.2, 0) is 0 Å². The quantitative estimate of drug-likeness (QED) is 0.784. The summed E-state index contributed by atoms with van der Waals surface area (Å²) >= 11 is 0. The monoisotopic (exact) mass is 291 g/mol. The molecular formula is C18H29NO2. The zero-order valence-corrected chi connectivity index (χ0v) is 13.5. The van der Waals surface area contributed by atoms with Gasteiger partial charge in [-0.25, -0.2) is 0 Å². The van der Waals surface area contributed by atoms with Gasteiger partial charge in [-0.15, -0.1) is 0 Å². The summed E-state index contributed by atoms with van der Waals surface area (Å²) in [6.07, 6.45) is 7.87. The number of nitrogens with one attached hydrogen (secondary N) is 1. The number of ether oxygens (including phenoxy) is 2. The van der Waals surface area contributed by atoms with Crippen LogP contribution in [0.15, 0.2) is 24.3 Å². The lowest BCUT2D eigenvalue weighted by molar-refractivity contribution is 0.134. The Morgan fingerprint density at radius 1 is 1.05 bits per heavy atom. The molecular weight excluding hydrogens is 262 g/mol. The molecule has 1 saturated carbocycles. The molecule has 1 aromatic rings. The molecule has 0 amide bonds. The van der Waals surface area contributed by atoms with E-state index < -0.39 is 0 Å². The van der Waals surface area contributed by atoms with Crippen molar-refractivity contribution in [2.24, 2.45) is 5.41 Å². The van der Waals surface area contributed by atoms with Crippen molar-refractivity contribution in [2.45, 2.75) is 45.4 Å². The van der Waals surface area contributed by atoms with Crippen LogP contribution in [0.1, 0.15) is 45.4 Å². The van der Waals surface area contributed by atoms with E-state index in [0.717, 1.165) is 31.1 Å². The molecule has 3 heteroatoms. The summed E-state index contributed by atoms with van der Waals surface area (Å²) < 4.78 is 11.6. The van der Waals surface area contributed by atoms with Crippen LogP contribution in [0.3, 0.4) is 0 Å². The lowest BCUT2D eigenvalue weighted by Gasteiger charge is -2.37. The third-order valence-electron chi connectivity index (χ3n) is 4.50. The number of hydrogen-bond acceptors (Lipinski definition) is 3. The van der Waals surface area contributed by atoms with Gasteiger partial charge in [0.15, 0.2) is 11.5 Å². The third-order valence-corrected chi connectivity index (χ3v) is 4.50. The second-order valence-corrected chi connectivity index (χ2v) is 6.07. The molecule has 1 aromatic carbocycles. The summed E-state index contributed by atoms with van der Waals surface area (Å²) in [5.74, 6) is 1.72. The van der Waals surface area contributed by atoms with E-state index in [9.17, 15) is 0 Å². The number of benzene rings is 1. The van der Waals surface area contributed by atoms with Gasteiger partial charge >= 0.3 is 0 Å². The van der Waals surface area contributed by atoms with E-state index in [2.05, 4.69) is 12.4 Å². The van der Waals surface area contributed by atoms with Gasteiger partial charge in [-0.2, -0.15) is 0 Å². The molecule has 0 heterocycles. The van der Waals surface area contributed by atoms with Crippen molar-refractivity contribution in [3.8, 4) is 11.5 Å². The number of para-hydroxylation sites is 2. The Hall–Kier alpha value is -1.22. The van der Waals surface area contributed by atoms with E-state index in [1.165, 1.54) is 32.1 Å². The SMILES string of the molecule is CCOc1ccccc1OCCC1(CNC)CCCCC1. The highest BCUT2D eigenvalue weighted by Gasteiger charge is 2.31. The second kappa shape index (κ2) is 8.28. The van der Waals surface area contributed by atoms with Crippen LogP contribution in [0.25, 0.3) is 0 Å². The van der Waals surface area contributed by atoms with Crippen LogP contribution in [-0.4, -0.2) is 26.8 Å². The van der Waals surface area contributed by atoms with Gasteiger partial charge in [0.2, 0.25) is 0 Å². The molecule has 3 nitrogen and oxygen atoms in total. The van der Waals surface area contributed by atoms with Crippen LogP contribution in [0.4, 0.5) is 0 Å². The van der Waals surface area contributed by atoms with Crippen molar-refractivity contribution >= 4 is 0 Å². The highest BCUT2D eigenvalue weighted by Crippen LogP contribution is 2.39. The van der Waals surface area contributed by atoms with Gasteiger partial charge in [0.05, 0.1) is 13.2 Å². The van der Waals surface area contributed by atoms with Crippen molar-refractivity contribution in [3.05, 3.63) is 24.3 Å². The maximum absolute atomic E-state index is 6.01. The van der Waals surface area contributed by atoms with Crippen LogP contribution in [0, 0.1) is 5.41 Å². The first-order valence-corrected chi connectivity index (χ1v) is 8.29. The van der Waals surface area contributed by atoms with Crippen molar-refractivity contribution in [1.82, 2.24) is 5.32 Å². The standard InChI is InChI=1S/C18H29NO2/c1-3-20-16-9-5-6-10-17(16)21-14-13-18(15-19-2)11-7-4-8-12-18/h5-6,9-10,19H,3-4,7-8,11-15H2,1-2H3. The Kier molecular flexibility index (Phi) is 6.37. The topological polar surface area (TPSA) is 30.5 Å². The Bertz CT molecular complexity index is 408. The summed E-state index contributed by atoms with van der Waals surface area (Å²) in [7, 11) is 2.06. The minimum atomic E-state index is 0.424. The summed E-state index contributed by atoms with van der Waals surface area (Å²) in [5.41, 5.74) is 0.424. The molecule has 0 atom stereocenters. The Labute approximate surface area is 129 Å². The van der Waals surface area contributed by atoms with Gasteiger partial charge in [-0.3, -0.25) is 0 Å². The molecule has 0 aromatic heterocycles. The van der Waals surface area contributed by atoms with Crippen molar-refractivity contribution in [1.29, 1.82) is 0 Å². The van der Waals surface area contributed by atoms with E-state index in [0.29, 0.717) is 12.0 Å². The molecule has 0 unspecified atom stereocenters. The van der Waals surface area contributed by atoms with Gasteiger partial charge in [-0.1, -0.05) is 31.4 Å². The van der Waals surface area contributed by atoms with Crippen molar-refractivity contribution < 1.29 is 9.47 Å². The fourth-order valence-corrected chi connectivity index (χ4v) is 3.41. The minimum Gasteiger partial charge on any atom is -0.490 e. The minimum absolute atomic E-state index is 0.424. The predicted molar refractivity (Wildman–Crippen MR) is 87.2 cm³/mol. The maximum atomic E-state index is 6.01. The van der Waals surface area contributed by atoms with Gasteiger partial charge in [-0.05, 0) is 50.8 Å². The van der Waals surface area contributed by atoms with Crippen molar-refractivity contribution in [3.63, 3.8) is 0 Å². The van der Waals surface area contributed by atoms with Crippen LogP contribution < -0.4 is 14.8 Å². The average Bonchev–Trinajstić information content (AvgIpc) is 2.50. The molecule has 0 spiro atoms. The van der Waals surface area contributed by atoms with Gasteiger partial charge in [0.25, 0.3) is 0 Å². The van der Waals surface area contributed by atoms with Gasteiger partial charge in [0.1, 0.15) is 0 Å². The molecule has 21 heavy (non-hydrogen) atoms. The van der Waals surface area contributed by atoms with E-state index >= 15 is 0 Å². The zero-order chi connectivity index (χ0) is 15.0. The predicted octanol–water partition coefficient (Wildman–Crippen LogP) is 4.02. The summed E-state index contributed by atoms with van der Waals surface area (Å²) in [4.78, 5) is 0. The highest BCUT2D eigenvalue weighted by molar-refractivity contribution is 5.39. The molecule has 1 aliphatic carbocycles. The lowest BCUT2D eigenvalue weighted by Crippen LogP contribution is -2.36. The van der Waals surface area contributed by atoms with Crippen LogP contribution >= 0.6 is 0 Å². The third kappa shape index (κ3) is 4.63. The van der Waals surface area contributed by atoms with E-state index in [4.69, 9.17) is 9.47 Å². The summed E-state index contributed by atoms with van der Waals surface area (Å²) in [5, 5.41) is 3.38. The fraction of sp³-hybridized carbons (Fsp3) is 0.667. The lowest BCUT2D eigenvalue weighted by atomic mass is 9.72. The Morgan fingerprint density at radius 3 is 2.33 bits per heavy atom. The Balaban J connectivity index is 1.90. The smallest absolute Gasteiger partial charge is 0.161 e. The normalized spacial score (nSPS) is 17.4. The fourth-order valence-electron chi connectivity index (χ4n) is 3.41. The van der Waals surface area contributed by atoms with Crippen molar-refractivity contribution in [2.75, 3.05) is 26.8 Å². The summed E-state index contributed by atoms with van der Waals surface area (Å²) in [6, 6.07) is 7.96. The summed E-state index contributed by atoms with van der Waals surface area (Å²) in [6.45, 7) is 4.54. The largest absolute Gasteiger partial charge is 0.490 e. The highest BCUT2D eigenvalue weighted by atomic mass is 16.5. The van der Waals surface area contributed by atoms with E-state index in [1.807, 2.05) is 31.2 Å². The Morgan fingerprint density at radius 2 is 1.71 bits per heavy atom. The van der Waals surface area contributed by atoms with Gasteiger partial charge < -0.3 is 14.8 Å². The first kappa shape index (κ1) is 16.2. The number of hydrogen-bond donors (Lipinski definition) is 1. The molecule has 1 N–H and O–H groups in total. The molecule has 0 aliphatic heterocycles. The van der Waals surface area contributed by atoms with Gasteiger partial charge in [0, 0.05) is 6.54 Å². The molecule has 0 saturated heterocycles. The van der Waals surface area contributed by atoms with Crippen LogP contribution in [0.2, 0.25) is 0 Å². The zero-order valence-electron chi connectivity index (χ0n) is 13.5. The molecule has 118 valence electrons. The maximum Gasteiger partial charge on any atom is 0.161 e. The molecule has 1 aliphatic rings. The second-order valence-electron chi connectivity index (χ2n) is 6.07. The van der Waals surface area contributed by atoms with E-state index in [-0.39, 0.29) is 0 Å². The number of rotatable bonds is 8. The van der Waals surface area contributed by atoms with E-state index in [1.54, 1.807) is 0 Å². The molecule has 0 radical (unpaired) electrons.